The summed E-state index contributed by atoms with van der Waals surface area (Å²) >= 11 is 0. The van der Waals surface area contributed by atoms with Gasteiger partial charge in [-0.25, -0.2) is 4.79 Å². The zero-order valence-corrected chi connectivity index (χ0v) is 16.9. The van der Waals surface area contributed by atoms with Crippen molar-refractivity contribution in [2.75, 3.05) is 11.9 Å². The summed E-state index contributed by atoms with van der Waals surface area (Å²) in [6, 6.07) is 11.9. The van der Waals surface area contributed by atoms with E-state index in [0.29, 0.717) is 16.8 Å². The highest BCUT2D eigenvalue weighted by Crippen LogP contribution is 2.18. The fourth-order valence-corrected chi connectivity index (χ4v) is 2.20. The van der Waals surface area contributed by atoms with Gasteiger partial charge in [0.2, 0.25) is 5.91 Å². The lowest BCUT2D eigenvalue weighted by atomic mass is 9.95. The monoisotopic (exact) mass is 410 g/mol. The number of carbonyl (C=O) groups is 3. The van der Waals surface area contributed by atoms with Gasteiger partial charge in [0.25, 0.3) is 5.69 Å². The van der Waals surface area contributed by atoms with Crippen molar-refractivity contribution in [3.63, 3.8) is 0 Å². The summed E-state index contributed by atoms with van der Waals surface area (Å²) in [4.78, 5) is 46.0. The Hall–Kier alpha value is -3.81. The van der Waals surface area contributed by atoms with Crippen LogP contribution in [0.15, 0.2) is 54.6 Å². The third-order valence-electron chi connectivity index (χ3n) is 4.01. The number of amides is 1. The van der Waals surface area contributed by atoms with Crippen LogP contribution in [0.4, 0.5) is 11.4 Å². The van der Waals surface area contributed by atoms with Crippen molar-refractivity contribution in [2.45, 2.75) is 20.8 Å². The summed E-state index contributed by atoms with van der Waals surface area (Å²) in [6.45, 7) is 4.96. The molecule has 30 heavy (non-hydrogen) atoms. The average molecular weight is 410 g/mol. The molecule has 0 radical (unpaired) electrons. The number of benzene rings is 2. The van der Waals surface area contributed by atoms with Crippen LogP contribution < -0.4 is 5.32 Å². The summed E-state index contributed by atoms with van der Waals surface area (Å²) in [7, 11) is 0. The zero-order valence-electron chi connectivity index (χ0n) is 16.9. The largest absolute Gasteiger partial charge is 0.454 e. The lowest BCUT2D eigenvalue weighted by Crippen LogP contribution is -2.27. The average Bonchev–Trinajstić information content (AvgIpc) is 2.70. The Morgan fingerprint density at radius 3 is 2.17 bits per heavy atom. The molecule has 2 aromatic carbocycles. The van der Waals surface area contributed by atoms with Crippen molar-refractivity contribution in [1.82, 2.24) is 0 Å². The van der Waals surface area contributed by atoms with Crippen LogP contribution in [0, 0.1) is 15.5 Å². The Bertz CT molecular complexity index is 970. The second-order valence-corrected chi connectivity index (χ2v) is 7.49. The van der Waals surface area contributed by atoms with Crippen molar-refractivity contribution in [3.8, 4) is 0 Å². The van der Waals surface area contributed by atoms with Crippen LogP contribution in [0.5, 0.6) is 0 Å². The molecule has 0 aliphatic carbocycles. The van der Waals surface area contributed by atoms with E-state index in [4.69, 9.17) is 4.74 Å². The van der Waals surface area contributed by atoms with Crippen LogP contribution >= 0.6 is 0 Å². The number of ether oxygens (including phenoxy) is 1. The number of Topliss-reactive ketones (excluding diaryl/α,β-unsaturated/α-hetero) is 1. The maximum Gasteiger partial charge on any atom is 0.331 e. The van der Waals surface area contributed by atoms with Crippen molar-refractivity contribution in [2.24, 2.45) is 5.41 Å². The number of rotatable bonds is 7. The van der Waals surface area contributed by atoms with Crippen molar-refractivity contribution < 1.29 is 24.0 Å². The first-order valence-corrected chi connectivity index (χ1v) is 9.10. The summed E-state index contributed by atoms with van der Waals surface area (Å²) in [6.07, 6.45) is 2.57. The molecule has 0 atom stereocenters. The van der Waals surface area contributed by atoms with Crippen LogP contribution in [0.2, 0.25) is 0 Å². The van der Waals surface area contributed by atoms with Gasteiger partial charge in [-0.1, -0.05) is 20.8 Å². The third-order valence-corrected chi connectivity index (χ3v) is 4.01. The second-order valence-electron chi connectivity index (χ2n) is 7.49. The minimum Gasteiger partial charge on any atom is -0.454 e. The molecule has 2 rings (SSSR count). The quantitative estimate of drug-likeness (QED) is 0.242. The Kier molecular flexibility index (Phi) is 7.19. The fourth-order valence-electron chi connectivity index (χ4n) is 2.20. The summed E-state index contributed by atoms with van der Waals surface area (Å²) < 4.78 is 4.93. The lowest BCUT2D eigenvalue weighted by Gasteiger charge is -2.17. The van der Waals surface area contributed by atoms with E-state index in [9.17, 15) is 24.5 Å². The number of ketones is 1. The molecule has 0 saturated heterocycles. The number of anilines is 1. The maximum absolute atomic E-state index is 12.2. The Morgan fingerprint density at radius 1 is 1.03 bits per heavy atom. The van der Waals surface area contributed by atoms with Crippen molar-refractivity contribution in [3.05, 3.63) is 75.8 Å². The predicted octanol–water partition coefficient (Wildman–Crippen LogP) is 4.02. The van der Waals surface area contributed by atoms with Crippen LogP contribution in [0.1, 0.15) is 36.7 Å². The van der Waals surface area contributed by atoms with Gasteiger partial charge >= 0.3 is 5.97 Å². The summed E-state index contributed by atoms with van der Waals surface area (Å²) in [5.41, 5.74) is 0.900. The molecule has 1 amide bonds. The molecule has 0 aromatic heterocycles. The van der Waals surface area contributed by atoms with Gasteiger partial charge in [0, 0.05) is 34.9 Å². The van der Waals surface area contributed by atoms with Gasteiger partial charge in [0.15, 0.2) is 12.4 Å². The van der Waals surface area contributed by atoms with Crippen LogP contribution in [-0.2, 0) is 14.3 Å². The molecule has 8 nitrogen and oxygen atoms in total. The first-order valence-electron chi connectivity index (χ1n) is 9.10. The lowest BCUT2D eigenvalue weighted by molar-refractivity contribution is -0.384. The van der Waals surface area contributed by atoms with E-state index >= 15 is 0 Å². The van der Waals surface area contributed by atoms with Gasteiger partial charge in [-0.2, -0.15) is 0 Å². The van der Waals surface area contributed by atoms with Crippen molar-refractivity contribution >= 4 is 35.1 Å². The number of nitro groups is 1. The molecule has 8 heteroatoms. The van der Waals surface area contributed by atoms with Gasteiger partial charge in [0.05, 0.1) is 4.92 Å². The van der Waals surface area contributed by atoms with E-state index in [0.717, 1.165) is 6.08 Å². The molecule has 0 spiro atoms. The number of non-ortho nitro benzene ring substituents is 1. The van der Waals surface area contributed by atoms with E-state index < -0.39 is 22.9 Å². The third kappa shape index (κ3) is 6.66. The van der Waals surface area contributed by atoms with Crippen LogP contribution in [0.3, 0.4) is 0 Å². The van der Waals surface area contributed by atoms with Crippen LogP contribution in [0.25, 0.3) is 6.08 Å². The normalized spacial score (nSPS) is 11.2. The Morgan fingerprint density at radius 2 is 1.63 bits per heavy atom. The molecule has 0 heterocycles. The van der Waals surface area contributed by atoms with Gasteiger partial charge in [-0.05, 0) is 48.0 Å². The van der Waals surface area contributed by atoms with E-state index in [2.05, 4.69) is 5.32 Å². The SMILES string of the molecule is CC(C)(C)C(=O)Nc1ccc(C(=O)COC(=O)/C=C/c2ccc([N+](=O)[O-])cc2)cc1. The molecule has 0 saturated carbocycles. The summed E-state index contributed by atoms with van der Waals surface area (Å²) in [5, 5.41) is 13.4. The fraction of sp³-hybridized carbons (Fsp3) is 0.227. The molecule has 0 aliphatic heterocycles. The van der Waals surface area contributed by atoms with E-state index in [1.165, 1.54) is 30.3 Å². The number of nitrogens with zero attached hydrogens (tertiary/aromatic N) is 1. The number of hydrogen-bond donors (Lipinski definition) is 1. The molecule has 0 aliphatic rings. The molecular formula is C22H22N2O6. The minimum absolute atomic E-state index is 0.0516. The van der Waals surface area contributed by atoms with E-state index in [1.807, 2.05) is 0 Å². The molecule has 0 fully saturated rings. The van der Waals surface area contributed by atoms with Gasteiger partial charge in [-0.15, -0.1) is 0 Å². The van der Waals surface area contributed by atoms with Gasteiger partial charge in [-0.3, -0.25) is 19.7 Å². The number of carbonyl (C=O) groups excluding carboxylic acids is 3. The zero-order chi connectivity index (χ0) is 22.3. The minimum atomic E-state index is -0.712. The Labute approximate surface area is 173 Å². The standard InChI is InChI=1S/C22H22N2O6/c1-22(2,3)21(27)23-17-9-7-16(8-10-17)19(25)14-30-20(26)13-6-15-4-11-18(12-5-15)24(28)29/h4-13H,14H2,1-3H3,(H,23,27)/b13-6+. The number of nitro benzene ring substituents is 1. The molecule has 0 bridgehead atoms. The topological polar surface area (TPSA) is 116 Å². The number of hydrogen-bond acceptors (Lipinski definition) is 6. The highest BCUT2D eigenvalue weighted by Gasteiger charge is 2.21. The van der Waals surface area contributed by atoms with Gasteiger partial charge < -0.3 is 10.1 Å². The van der Waals surface area contributed by atoms with E-state index in [1.54, 1.807) is 45.0 Å². The molecule has 2 aromatic rings. The van der Waals surface area contributed by atoms with Crippen molar-refractivity contribution in [1.29, 1.82) is 0 Å². The maximum atomic E-state index is 12.2. The molecule has 156 valence electrons. The number of nitrogens with one attached hydrogen (secondary N) is 1. The second kappa shape index (κ2) is 9.60. The van der Waals surface area contributed by atoms with Crippen LogP contribution in [-0.4, -0.2) is 29.2 Å². The van der Waals surface area contributed by atoms with Gasteiger partial charge in [0.1, 0.15) is 0 Å². The number of esters is 1. The molecule has 1 N–H and O–H groups in total. The highest BCUT2D eigenvalue weighted by molar-refractivity contribution is 6.00. The predicted molar refractivity (Wildman–Crippen MR) is 112 cm³/mol. The Balaban J connectivity index is 1.86. The van der Waals surface area contributed by atoms with E-state index in [-0.39, 0.29) is 17.4 Å². The first kappa shape index (κ1) is 22.5. The summed E-state index contributed by atoms with van der Waals surface area (Å²) in [5.74, 6) is -1.24. The molecule has 0 unspecified atom stereocenters. The molecular weight excluding hydrogens is 388 g/mol. The smallest absolute Gasteiger partial charge is 0.331 e. The highest BCUT2D eigenvalue weighted by atomic mass is 16.6. The first-order chi connectivity index (χ1) is 14.1.